The zero-order valence-electron chi connectivity index (χ0n) is 14.9. The molecule has 2 aromatic carbocycles. The lowest BCUT2D eigenvalue weighted by atomic mass is 10.1. The zero-order valence-corrected chi connectivity index (χ0v) is 14.9. The molecule has 0 unspecified atom stereocenters. The van der Waals surface area contributed by atoms with Crippen LogP contribution < -0.4 is 10.6 Å². The molecule has 0 atom stereocenters. The summed E-state index contributed by atoms with van der Waals surface area (Å²) >= 11 is 0. The van der Waals surface area contributed by atoms with Crippen molar-refractivity contribution in [2.75, 3.05) is 10.6 Å². The van der Waals surface area contributed by atoms with Crippen LogP contribution in [0.25, 0.3) is 0 Å². The Hall–Kier alpha value is -3.35. The number of aryl methyl sites for hydroxylation is 2. The van der Waals surface area contributed by atoms with Crippen LogP contribution in [0.3, 0.4) is 0 Å². The van der Waals surface area contributed by atoms with E-state index in [9.17, 15) is 13.6 Å². The number of carbonyl (C=O) groups is 1. The van der Waals surface area contributed by atoms with Crippen molar-refractivity contribution in [2.45, 2.75) is 20.3 Å². The lowest BCUT2D eigenvalue weighted by Gasteiger charge is -2.11. The second-order valence-corrected chi connectivity index (χ2v) is 5.93. The minimum atomic E-state index is -0.775. The monoisotopic (exact) mass is 368 g/mol. The largest absolute Gasteiger partial charge is 0.322 e. The normalized spacial score (nSPS) is 10.5. The second kappa shape index (κ2) is 7.90. The highest BCUT2D eigenvalue weighted by atomic mass is 19.1. The van der Waals surface area contributed by atoms with E-state index in [0.717, 1.165) is 24.1 Å². The van der Waals surface area contributed by atoms with E-state index in [1.165, 1.54) is 12.1 Å². The maximum Gasteiger partial charge on any atom is 0.274 e. The van der Waals surface area contributed by atoms with Crippen molar-refractivity contribution in [1.82, 2.24) is 9.97 Å². The van der Waals surface area contributed by atoms with E-state index in [2.05, 4.69) is 20.6 Å². The fraction of sp³-hybridized carbons (Fsp3) is 0.150. The highest BCUT2D eigenvalue weighted by Crippen LogP contribution is 2.20. The van der Waals surface area contributed by atoms with Gasteiger partial charge in [0.05, 0.1) is 5.69 Å². The quantitative estimate of drug-likeness (QED) is 0.689. The number of aromatic nitrogens is 2. The molecule has 5 nitrogen and oxygen atoms in total. The predicted octanol–water partition coefficient (Wildman–Crippen LogP) is 4.62. The van der Waals surface area contributed by atoms with Crippen molar-refractivity contribution >= 4 is 23.2 Å². The fourth-order valence-electron chi connectivity index (χ4n) is 2.59. The molecule has 3 aromatic rings. The summed E-state index contributed by atoms with van der Waals surface area (Å²) in [5.74, 6) is -1.81. The Bertz CT molecular complexity index is 991. The molecule has 138 valence electrons. The van der Waals surface area contributed by atoms with E-state index in [4.69, 9.17) is 0 Å². The van der Waals surface area contributed by atoms with Crippen molar-refractivity contribution < 1.29 is 13.6 Å². The molecular formula is C20H18F2N4O. The molecule has 0 saturated carbocycles. The molecule has 0 fully saturated rings. The van der Waals surface area contributed by atoms with Crippen molar-refractivity contribution in [3.05, 3.63) is 77.1 Å². The van der Waals surface area contributed by atoms with Crippen molar-refractivity contribution in [3.8, 4) is 0 Å². The van der Waals surface area contributed by atoms with E-state index in [0.29, 0.717) is 11.4 Å². The Morgan fingerprint density at radius 3 is 2.56 bits per heavy atom. The maximum absolute atomic E-state index is 13.8. The summed E-state index contributed by atoms with van der Waals surface area (Å²) in [7, 11) is 0. The van der Waals surface area contributed by atoms with Crippen LogP contribution in [0.15, 0.2) is 48.5 Å². The molecule has 1 amide bonds. The van der Waals surface area contributed by atoms with Crippen molar-refractivity contribution in [1.29, 1.82) is 0 Å². The summed E-state index contributed by atoms with van der Waals surface area (Å²) in [6, 6.07) is 12.2. The van der Waals surface area contributed by atoms with Gasteiger partial charge in [-0.15, -0.1) is 0 Å². The van der Waals surface area contributed by atoms with E-state index in [1.807, 2.05) is 31.2 Å². The molecule has 0 spiro atoms. The molecule has 0 aliphatic rings. The van der Waals surface area contributed by atoms with Gasteiger partial charge < -0.3 is 10.6 Å². The average molecular weight is 368 g/mol. The van der Waals surface area contributed by atoms with E-state index >= 15 is 0 Å². The first-order valence-electron chi connectivity index (χ1n) is 8.43. The van der Waals surface area contributed by atoms with Gasteiger partial charge in [-0.2, -0.15) is 0 Å². The maximum atomic E-state index is 13.8. The van der Waals surface area contributed by atoms with E-state index < -0.39 is 17.5 Å². The van der Waals surface area contributed by atoms with E-state index in [-0.39, 0.29) is 17.3 Å². The molecule has 1 aromatic heterocycles. The standard InChI is InChI=1S/C20H18F2N4O/c1-3-13-6-4-5-7-16(13)24-19(27)18-10-12(2)23-20(26-18)25-17-9-8-14(21)11-15(17)22/h4-11H,3H2,1-2H3,(H,24,27)(H,23,25,26). The molecule has 1 heterocycles. The van der Waals surface area contributed by atoms with Gasteiger partial charge in [0.1, 0.15) is 17.3 Å². The number of anilines is 3. The minimum absolute atomic E-state index is 0.0182. The molecular weight excluding hydrogens is 350 g/mol. The number of nitrogens with one attached hydrogen (secondary N) is 2. The molecule has 0 saturated heterocycles. The molecule has 0 radical (unpaired) electrons. The van der Waals surface area contributed by atoms with Crippen LogP contribution in [0.1, 0.15) is 28.7 Å². The van der Waals surface area contributed by atoms with Gasteiger partial charge in [-0.3, -0.25) is 4.79 Å². The number of rotatable bonds is 5. The van der Waals surface area contributed by atoms with Gasteiger partial charge in [0.25, 0.3) is 5.91 Å². The molecule has 0 bridgehead atoms. The number of halogens is 2. The van der Waals surface area contributed by atoms with Crippen LogP contribution in [-0.2, 0) is 6.42 Å². The van der Waals surface area contributed by atoms with Crippen LogP contribution in [0.5, 0.6) is 0 Å². The van der Waals surface area contributed by atoms with Crippen LogP contribution in [0.2, 0.25) is 0 Å². The van der Waals surface area contributed by atoms with Gasteiger partial charge in [0.2, 0.25) is 5.95 Å². The van der Waals surface area contributed by atoms with Crippen molar-refractivity contribution in [2.24, 2.45) is 0 Å². The molecule has 2 N–H and O–H groups in total. The number of amides is 1. The summed E-state index contributed by atoms with van der Waals surface area (Å²) < 4.78 is 26.9. The van der Waals surface area contributed by atoms with Crippen LogP contribution >= 0.6 is 0 Å². The van der Waals surface area contributed by atoms with Gasteiger partial charge in [-0.25, -0.2) is 18.7 Å². The number of hydrogen-bond acceptors (Lipinski definition) is 4. The highest BCUT2D eigenvalue weighted by Gasteiger charge is 2.13. The summed E-state index contributed by atoms with van der Waals surface area (Å²) in [6.07, 6.45) is 0.774. The summed E-state index contributed by atoms with van der Waals surface area (Å²) in [5.41, 5.74) is 2.40. The molecule has 7 heteroatoms. The number of hydrogen-bond donors (Lipinski definition) is 2. The topological polar surface area (TPSA) is 66.9 Å². The highest BCUT2D eigenvalue weighted by molar-refractivity contribution is 6.03. The smallest absolute Gasteiger partial charge is 0.274 e. The first kappa shape index (κ1) is 18.4. The third-order valence-corrected chi connectivity index (χ3v) is 3.91. The minimum Gasteiger partial charge on any atom is -0.322 e. The molecule has 27 heavy (non-hydrogen) atoms. The number of benzene rings is 2. The lowest BCUT2D eigenvalue weighted by Crippen LogP contribution is -2.16. The molecule has 0 aliphatic carbocycles. The predicted molar refractivity (Wildman–Crippen MR) is 100 cm³/mol. The molecule has 0 aliphatic heterocycles. The third kappa shape index (κ3) is 4.44. The van der Waals surface area contributed by atoms with Gasteiger partial charge in [-0.1, -0.05) is 25.1 Å². The summed E-state index contributed by atoms with van der Waals surface area (Å²) in [5, 5.41) is 5.51. The molecule has 3 rings (SSSR count). The Morgan fingerprint density at radius 2 is 1.81 bits per heavy atom. The SMILES string of the molecule is CCc1ccccc1NC(=O)c1cc(C)nc(Nc2ccc(F)cc2F)n1. The Balaban J connectivity index is 1.85. The van der Waals surface area contributed by atoms with Crippen molar-refractivity contribution in [3.63, 3.8) is 0 Å². The first-order chi connectivity index (χ1) is 13.0. The van der Waals surface area contributed by atoms with Gasteiger partial charge in [0, 0.05) is 17.4 Å². The van der Waals surface area contributed by atoms with Crippen LogP contribution in [-0.4, -0.2) is 15.9 Å². The van der Waals surface area contributed by atoms with Gasteiger partial charge in [0.15, 0.2) is 0 Å². The van der Waals surface area contributed by atoms with Crippen LogP contribution in [0.4, 0.5) is 26.1 Å². The fourth-order valence-corrected chi connectivity index (χ4v) is 2.59. The summed E-state index contributed by atoms with van der Waals surface area (Å²) in [6.45, 7) is 3.70. The Kier molecular flexibility index (Phi) is 5.40. The second-order valence-electron chi connectivity index (χ2n) is 5.93. The number of carbonyl (C=O) groups excluding carboxylic acids is 1. The third-order valence-electron chi connectivity index (χ3n) is 3.91. The number of para-hydroxylation sites is 1. The summed E-state index contributed by atoms with van der Waals surface area (Å²) in [4.78, 5) is 20.9. The number of nitrogens with zero attached hydrogens (tertiary/aromatic N) is 2. The average Bonchev–Trinajstić information content (AvgIpc) is 2.64. The first-order valence-corrected chi connectivity index (χ1v) is 8.43. The Morgan fingerprint density at radius 1 is 1.04 bits per heavy atom. The van der Waals surface area contributed by atoms with Gasteiger partial charge in [-0.05, 0) is 43.2 Å². The van der Waals surface area contributed by atoms with Crippen LogP contribution in [0, 0.1) is 18.6 Å². The Labute approximate surface area is 155 Å². The van der Waals surface area contributed by atoms with E-state index in [1.54, 1.807) is 6.92 Å². The van der Waals surface area contributed by atoms with Gasteiger partial charge >= 0.3 is 0 Å². The lowest BCUT2D eigenvalue weighted by molar-refractivity contribution is 0.102. The zero-order chi connectivity index (χ0) is 19.4.